The van der Waals surface area contributed by atoms with Crippen LogP contribution < -0.4 is 14.4 Å². The van der Waals surface area contributed by atoms with E-state index in [1.807, 2.05) is 12.1 Å². The monoisotopic (exact) mass is 707 g/mol. The number of carbonyl (C=O) groups is 2. The van der Waals surface area contributed by atoms with Crippen LogP contribution in [0.25, 0.3) is 0 Å². The molecule has 0 unspecified atom stereocenters. The first kappa shape index (κ1) is 33.8. The molecule has 4 aliphatic rings. The lowest BCUT2D eigenvalue weighted by atomic mass is 9.68. The summed E-state index contributed by atoms with van der Waals surface area (Å²) in [5.74, 6) is -1.64. The van der Waals surface area contributed by atoms with Crippen LogP contribution in [-0.4, -0.2) is 73.7 Å². The molecule has 1 fully saturated rings. The third-order valence-corrected chi connectivity index (χ3v) is 12.9. The van der Waals surface area contributed by atoms with Gasteiger partial charge in [-0.15, -0.1) is 4.36 Å². The fourth-order valence-electron chi connectivity index (χ4n) is 7.85. The van der Waals surface area contributed by atoms with E-state index in [-0.39, 0.29) is 34.1 Å². The minimum absolute atomic E-state index is 0.0181. The molecule has 0 radical (unpaired) electrons. The fourth-order valence-corrected chi connectivity index (χ4v) is 9.94. The first-order valence-corrected chi connectivity index (χ1v) is 18.9. The molecular weight excluding hydrogens is 666 g/mol. The van der Waals surface area contributed by atoms with E-state index in [1.54, 1.807) is 38.2 Å². The van der Waals surface area contributed by atoms with Crippen LogP contribution in [0.5, 0.6) is 5.75 Å². The summed E-state index contributed by atoms with van der Waals surface area (Å²) < 4.78 is 29.0. The normalized spacial score (nSPS) is 32.1. The number of ether oxygens (including phenoxy) is 1. The Morgan fingerprint density at radius 3 is 2.71 bits per heavy atom. The number of carbonyl (C=O) groups excluding carboxylic acids is 2. The number of nitrogens with one attached hydrogen (secondary N) is 1. The van der Waals surface area contributed by atoms with Gasteiger partial charge < -0.3 is 19.8 Å². The second kappa shape index (κ2) is 13.2. The zero-order valence-electron chi connectivity index (χ0n) is 27.6. The largest absolute Gasteiger partial charge is 0.490 e. The number of benzene rings is 2. The number of anilines is 1. The van der Waals surface area contributed by atoms with Crippen molar-refractivity contribution in [2.45, 2.75) is 56.7 Å². The van der Waals surface area contributed by atoms with E-state index in [0.717, 1.165) is 37.8 Å². The molecule has 2 amide bonds. The Bertz CT molecular complexity index is 1940. The molecule has 11 nitrogen and oxygen atoms in total. The molecular formula is C36H42ClN5O6S. The van der Waals surface area contributed by atoms with Crippen molar-refractivity contribution in [2.75, 3.05) is 30.3 Å². The lowest BCUT2D eigenvalue weighted by Crippen LogP contribution is -2.49. The summed E-state index contributed by atoms with van der Waals surface area (Å²) in [5.41, 5.74) is 3.20. The lowest BCUT2D eigenvalue weighted by Gasteiger charge is -2.45. The van der Waals surface area contributed by atoms with E-state index >= 15 is 0 Å². The topological polar surface area (TPSA) is 146 Å². The van der Waals surface area contributed by atoms with Gasteiger partial charge in [-0.2, -0.15) is 5.10 Å². The van der Waals surface area contributed by atoms with Crippen LogP contribution in [0, 0.1) is 17.8 Å². The summed E-state index contributed by atoms with van der Waals surface area (Å²) in [5, 5.41) is 27.0. The summed E-state index contributed by atoms with van der Waals surface area (Å²) in [7, 11) is -2.08. The molecule has 1 spiro atoms. The molecule has 2 aliphatic heterocycles. The van der Waals surface area contributed by atoms with Crippen LogP contribution in [-0.2, 0) is 28.8 Å². The molecule has 1 saturated carbocycles. The number of aromatic nitrogens is 2. The SMILES string of the molecule is C[C@@H]1C[S@@](=O)(NC(=O)c2cnn(C)c2)=NC(=O)c2ccc3c(c2)N(C[C@@H]2CC[C@H]2[C@@H](O)/C=C/[C@@H]1O)C[C@@]1(CCCc2cc(Cl)ccc21)CO3. The highest BCUT2D eigenvalue weighted by Gasteiger charge is 2.44. The molecule has 13 heteroatoms. The first-order chi connectivity index (χ1) is 23.4. The third kappa shape index (κ3) is 6.75. The Hall–Kier alpha value is -3.71. The predicted molar refractivity (Wildman–Crippen MR) is 187 cm³/mol. The number of hydrogen-bond donors (Lipinski definition) is 3. The highest BCUT2D eigenvalue weighted by atomic mass is 35.5. The van der Waals surface area contributed by atoms with Crippen LogP contribution in [0.1, 0.15) is 64.4 Å². The molecule has 3 N–H and O–H groups in total. The van der Waals surface area contributed by atoms with Crippen LogP contribution in [0.15, 0.2) is 65.3 Å². The average Bonchev–Trinajstić information content (AvgIpc) is 3.43. The van der Waals surface area contributed by atoms with Crippen LogP contribution in [0.4, 0.5) is 5.69 Å². The maximum absolute atomic E-state index is 14.4. The summed E-state index contributed by atoms with van der Waals surface area (Å²) >= 11 is 6.41. The fraction of sp³-hybridized carbons (Fsp3) is 0.472. The quantitative estimate of drug-likeness (QED) is 0.331. The minimum atomic E-state index is -3.73. The number of amides is 2. The predicted octanol–water partition coefficient (Wildman–Crippen LogP) is 4.45. The summed E-state index contributed by atoms with van der Waals surface area (Å²) in [6, 6.07) is 11.2. The van der Waals surface area contributed by atoms with E-state index in [0.29, 0.717) is 30.5 Å². The molecule has 2 aromatic carbocycles. The second-order valence-corrected chi connectivity index (χ2v) is 16.6. The van der Waals surface area contributed by atoms with Crippen molar-refractivity contribution in [3.63, 3.8) is 0 Å². The summed E-state index contributed by atoms with van der Waals surface area (Å²) in [6.45, 7) is 3.37. The molecule has 260 valence electrons. The van der Waals surface area contributed by atoms with Crippen molar-refractivity contribution in [1.82, 2.24) is 14.5 Å². The number of halogens is 1. The lowest BCUT2D eigenvalue weighted by molar-refractivity contribution is 0.0446. The number of fused-ring (bicyclic) bond motifs is 4. The van der Waals surface area contributed by atoms with Crippen molar-refractivity contribution in [3.8, 4) is 5.75 Å². The van der Waals surface area contributed by atoms with Gasteiger partial charge in [-0.25, -0.2) is 4.21 Å². The van der Waals surface area contributed by atoms with Gasteiger partial charge in [-0.05, 0) is 91.3 Å². The Balaban J connectivity index is 1.31. The minimum Gasteiger partial charge on any atom is -0.490 e. The van der Waals surface area contributed by atoms with Gasteiger partial charge in [0.05, 0.1) is 42.0 Å². The highest BCUT2D eigenvalue weighted by Crippen LogP contribution is 2.46. The zero-order valence-corrected chi connectivity index (χ0v) is 29.2. The van der Waals surface area contributed by atoms with Gasteiger partial charge >= 0.3 is 0 Å². The molecule has 7 atom stereocenters. The van der Waals surface area contributed by atoms with Crippen molar-refractivity contribution in [2.24, 2.45) is 29.2 Å². The van der Waals surface area contributed by atoms with E-state index in [1.165, 1.54) is 34.3 Å². The van der Waals surface area contributed by atoms with E-state index in [2.05, 4.69) is 25.1 Å². The van der Waals surface area contributed by atoms with Crippen LogP contribution >= 0.6 is 11.6 Å². The Morgan fingerprint density at radius 1 is 1.14 bits per heavy atom. The molecule has 2 bridgehead atoms. The average molecular weight is 708 g/mol. The Kier molecular flexibility index (Phi) is 9.10. The first-order valence-electron chi connectivity index (χ1n) is 16.9. The molecule has 3 heterocycles. The highest BCUT2D eigenvalue weighted by molar-refractivity contribution is 7.92. The number of aliphatic hydroxyl groups is 2. The summed E-state index contributed by atoms with van der Waals surface area (Å²) in [6.07, 6.45) is 8.67. The maximum atomic E-state index is 14.4. The summed E-state index contributed by atoms with van der Waals surface area (Å²) in [4.78, 5) is 29.3. The van der Waals surface area contributed by atoms with Gasteiger partial charge in [0, 0.05) is 42.3 Å². The van der Waals surface area contributed by atoms with E-state index in [4.69, 9.17) is 16.3 Å². The van der Waals surface area contributed by atoms with Crippen molar-refractivity contribution in [3.05, 3.63) is 88.2 Å². The number of aryl methyl sites for hydroxylation is 2. The second-order valence-electron chi connectivity index (χ2n) is 14.2. The standard InChI is InChI=1S/C36H42ClN5O6S/c1-22-19-49(47,40-35(46)26-16-38-41(2)17-26)39-34(45)24-6-12-33-30(15-24)42(18-25-5-8-28(25)32(44)11-10-31(22)43)20-36(21-48-33)13-3-4-23-14-27(37)7-9-29(23)36/h6-7,9-12,14-17,22,25,28,31-32,43-44H,3-5,8,13,18-21H2,1-2H3,(H,39,40,45,46,47)/b11-10+/t22-,25+,28-,31+,32+,36+,49+/m1/s1. The van der Waals surface area contributed by atoms with Gasteiger partial charge in [0.25, 0.3) is 11.8 Å². The molecule has 7 rings (SSSR count). The van der Waals surface area contributed by atoms with Crippen LogP contribution in [0.3, 0.4) is 0 Å². The maximum Gasteiger partial charge on any atom is 0.286 e. The van der Waals surface area contributed by atoms with Gasteiger partial charge in [-0.3, -0.25) is 19.0 Å². The Morgan fingerprint density at radius 2 is 1.96 bits per heavy atom. The molecule has 2 aliphatic carbocycles. The van der Waals surface area contributed by atoms with E-state index < -0.39 is 39.9 Å². The van der Waals surface area contributed by atoms with Gasteiger partial charge in [0.15, 0.2) is 0 Å². The molecule has 0 saturated heterocycles. The number of aliphatic hydroxyl groups excluding tert-OH is 2. The van der Waals surface area contributed by atoms with Crippen LogP contribution in [0.2, 0.25) is 5.02 Å². The van der Waals surface area contributed by atoms with Gasteiger partial charge in [0.2, 0.25) is 0 Å². The molecule has 49 heavy (non-hydrogen) atoms. The van der Waals surface area contributed by atoms with E-state index in [9.17, 15) is 24.0 Å². The Labute approximate surface area is 291 Å². The van der Waals surface area contributed by atoms with Gasteiger partial charge in [0.1, 0.15) is 15.7 Å². The van der Waals surface area contributed by atoms with Crippen molar-refractivity contribution >= 4 is 39.0 Å². The smallest absolute Gasteiger partial charge is 0.286 e. The van der Waals surface area contributed by atoms with Crippen molar-refractivity contribution < 1.29 is 28.7 Å². The number of nitrogens with zero attached hydrogens (tertiary/aromatic N) is 4. The number of hydrogen-bond acceptors (Lipinski definition) is 8. The van der Waals surface area contributed by atoms with Gasteiger partial charge in [-0.1, -0.05) is 36.7 Å². The number of rotatable bonds is 2. The van der Waals surface area contributed by atoms with Crippen molar-refractivity contribution in [1.29, 1.82) is 0 Å². The third-order valence-electron chi connectivity index (χ3n) is 10.7. The zero-order chi connectivity index (χ0) is 34.5. The molecule has 3 aromatic rings. The molecule has 1 aromatic heterocycles.